The van der Waals surface area contributed by atoms with Gasteiger partial charge in [0.1, 0.15) is 0 Å². The fourth-order valence-corrected chi connectivity index (χ4v) is 2.81. The summed E-state index contributed by atoms with van der Waals surface area (Å²) < 4.78 is 33.9. The number of ether oxygens (including phenoxy) is 1. The van der Waals surface area contributed by atoms with Crippen LogP contribution in [0, 0.1) is 5.92 Å². The number of amides is 1. The molecule has 1 atom stereocenters. The fourth-order valence-electron chi connectivity index (χ4n) is 2.81. The average molecular weight is 347 g/mol. The Hall–Kier alpha value is -2.41. The van der Waals surface area contributed by atoms with Crippen LogP contribution in [-0.2, 0) is 11.3 Å². The number of aromatic nitrogens is 2. The van der Waals surface area contributed by atoms with Crippen molar-refractivity contribution in [3.8, 4) is 0 Å². The SMILES string of the molecule is O=C(c1cccnn1)N1CCC(F)(F)C(COCc2ccccc2)C1. The van der Waals surface area contributed by atoms with E-state index in [2.05, 4.69) is 10.2 Å². The summed E-state index contributed by atoms with van der Waals surface area (Å²) in [6.07, 6.45) is 1.08. The summed E-state index contributed by atoms with van der Waals surface area (Å²) in [7, 11) is 0. The summed E-state index contributed by atoms with van der Waals surface area (Å²) in [5.41, 5.74) is 1.09. The van der Waals surface area contributed by atoms with Gasteiger partial charge in [-0.1, -0.05) is 30.3 Å². The molecule has 1 fully saturated rings. The van der Waals surface area contributed by atoms with Crippen molar-refractivity contribution in [2.24, 2.45) is 5.92 Å². The maximum Gasteiger partial charge on any atom is 0.274 e. The zero-order chi connectivity index (χ0) is 17.7. The van der Waals surface area contributed by atoms with Gasteiger partial charge in [-0.05, 0) is 17.7 Å². The molecule has 0 radical (unpaired) electrons. The van der Waals surface area contributed by atoms with Crippen molar-refractivity contribution in [2.75, 3.05) is 19.7 Å². The topological polar surface area (TPSA) is 55.3 Å². The number of alkyl halides is 2. The van der Waals surface area contributed by atoms with Crippen LogP contribution in [0.4, 0.5) is 8.78 Å². The first-order valence-corrected chi connectivity index (χ1v) is 8.13. The van der Waals surface area contributed by atoms with Crippen LogP contribution in [0.25, 0.3) is 0 Å². The number of hydrogen-bond acceptors (Lipinski definition) is 4. The zero-order valence-electron chi connectivity index (χ0n) is 13.6. The quantitative estimate of drug-likeness (QED) is 0.835. The number of nitrogens with zero attached hydrogens (tertiary/aromatic N) is 3. The molecular formula is C18H19F2N3O2. The van der Waals surface area contributed by atoms with E-state index in [1.807, 2.05) is 30.3 Å². The lowest BCUT2D eigenvalue weighted by atomic mass is 9.94. The molecule has 1 aliphatic heterocycles. The third-order valence-electron chi connectivity index (χ3n) is 4.26. The van der Waals surface area contributed by atoms with Crippen molar-refractivity contribution in [3.05, 3.63) is 59.9 Å². The van der Waals surface area contributed by atoms with Crippen LogP contribution >= 0.6 is 0 Å². The lowest BCUT2D eigenvalue weighted by Gasteiger charge is -2.38. The fraction of sp³-hybridized carbons (Fsp3) is 0.389. The van der Waals surface area contributed by atoms with Gasteiger partial charge in [-0.3, -0.25) is 4.79 Å². The van der Waals surface area contributed by atoms with E-state index in [0.29, 0.717) is 0 Å². The second kappa shape index (κ2) is 7.65. The summed E-state index contributed by atoms with van der Waals surface area (Å²) in [5.74, 6) is -4.27. The van der Waals surface area contributed by atoms with Gasteiger partial charge in [-0.2, -0.15) is 5.10 Å². The lowest BCUT2D eigenvalue weighted by molar-refractivity contribution is -0.124. The average Bonchev–Trinajstić information content (AvgIpc) is 2.64. The smallest absolute Gasteiger partial charge is 0.274 e. The minimum atomic E-state index is -2.85. The molecule has 0 bridgehead atoms. The number of carbonyl (C=O) groups excluding carboxylic acids is 1. The summed E-state index contributed by atoms with van der Waals surface area (Å²) in [6.45, 7) is 0.104. The minimum absolute atomic E-state index is 0.00239. The Kier molecular flexibility index (Phi) is 5.33. The molecule has 1 aromatic carbocycles. The van der Waals surface area contributed by atoms with E-state index in [1.54, 1.807) is 6.07 Å². The second-order valence-electron chi connectivity index (χ2n) is 6.07. The van der Waals surface area contributed by atoms with Crippen LogP contribution in [-0.4, -0.2) is 46.6 Å². The number of halogens is 2. The Labute approximate surface area is 144 Å². The van der Waals surface area contributed by atoms with Crippen molar-refractivity contribution in [3.63, 3.8) is 0 Å². The number of hydrogen-bond donors (Lipinski definition) is 0. The van der Waals surface area contributed by atoms with Crippen molar-refractivity contribution < 1.29 is 18.3 Å². The molecule has 132 valence electrons. The molecule has 7 heteroatoms. The molecular weight excluding hydrogens is 328 g/mol. The molecule has 0 saturated carbocycles. The largest absolute Gasteiger partial charge is 0.376 e. The van der Waals surface area contributed by atoms with Gasteiger partial charge >= 0.3 is 0 Å². The van der Waals surface area contributed by atoms with Crippen LogP contribution in [0.1, 0.15) is 22.5 Å². The summed E-state index contributed by atoms with van der Waals surface area (Å²) in [4.78, 5) is 13.8. The third-order valence-corrected chi connectivity index (χ3v) is 4.26. The van der Waals surface area contributed by atoms with E-state index in [9.17, 15) is 13.6 Å². The van der Waals surface area contributed by atoms with E-state index in [-0.39, 0.29) is 44.3 Å². The van der Waals surface area contributed by atoms with Gasteiger partial charge in [0.15, 0.2) is 5.69 Å². The second-order valence-corrected chi connectivity index (χ2v) is 6.07. The van der Waals surface area contributed by atoms with Gasteiger partial charge in [0, 0.05) is 25.7 Å². The molecule has 1 amide bonds. The van der Waals surface area contributed by atoms with Crippen molar-refractivity contribution in [1.82, 2.24) is 15.1 Å². The maximum atomic E-state index is 14.2. The lowest BCUT2D eigenvalue weighted by Crippen LogP contribution is -2.51. The Morgan fingerprint density at radius 1 is 1.24 bits per heavy atom. The zero-order valence-corrected chi connectivity index (χ0v) is 13.6. The predicted molar refractivity (Wildman–Crippen MR) is 87.1 cm³/mol. The van der Waals surface area contributed by atoms with Crippen LogP contribution < -0.4 is 0 Å². The number of piperidine rings is 1. The van der Waals surface area contributed by atoms with Gasteiger partial charge in [0.05, 0.1) is 19.1 Å². The Bertz CT molecular complexity index is 698. The first kappa shape index (κ1) is 17.4. The van der Waals surface area contributed by atoms with E-state index in [0.717, 1.165) is 5.56 Å². The van der Waals surface area contributed by atoms with Crippen LogP contribution in [0.2, 0.25) is 0 Å². The predicted octanol–water partition coefficient (Wildman–Crippen LogP) is 2.79. The number of carbonyl (C=O) groups is 1. The van der Waals surface area contributed by atoms with Crippen molar-refractivity contribution in [1.29, 1.82) is 0 Å². The van der Waals surface area contributed by atoms with Crippen molar-refractivity contribution >= 4 is 5.91 Å². The summed E-state index contributed by atoms with van der Waals surface area (Å²) >= 11 is 0. The molecule has 5 nitrogen and oxygen atoms in total. The first-order valence-electron chi connectivity index (χ1n) is 8.13. The van der Waals surface area contributed by atoms with E-state index in [4.69, 9.17) is 4.74 Å². The molecule has 0 N–H and O–H groups in total. The molecule has 2 heterocycles. The standard InChI is InChI=1S/C18H19F2N3O2/c19-18(20)8-10-23(17(24)16-7-4-9-21-22-16)11-15(18)13-25-12-14-5-2-1-3-6-14/h1-7,9,15H,8,10-13H2. The first-order chi connectivity index (χ1) is 12.1. The van der Waals surface area contributed by atoms with Gasteiger partial charge in [-0.15, -0.1) is 5.10 Å². The molecule has 0 aliphatic carbocycles. The Morgan fingerprint density at radius 2 is 2.04 bits per heavy atom. The highest BCUT2D eigenvalue weighted by Gasteiger charge is 2.45. The molecule has 3 rings (SSSR count). The van der Waals surface area contributed by atoms with Gasteiger partial charge in [0.2, 0.25) is 0 Å². The molecule has 0 spiro atoms. The monoisotopic (exact) mass is 347 g/mol. The van der Waals surface area contributed by atoms with Gasteiger partial charge < -0.3 is 9.64 Å². The highest BCUT2D eigenvalue weighted by Crippen LogP contribution is 2.34. The number of likely N-dealkylation sites (tertiary alicyclic amines) is 1. The molecule has 1 unspecified atom stereocenters. The number of benzene rings is 1. The number of rotatable bonds is 5. The Balaban J connectivity index is 1.60. The van der Waals surface area contributed by atoms with Crippen LogP contribution in [0.5, 0.6) is 0 Å². The van der Waals surface area contributed by atoms with Gasteiger partial charge in [0.25, 0.3) is 11.8 Å². The minimum Gasteiger partial charge on any atom is -0.376 e. The van der Waals surface area contributed by atoms with E-state index < -0.39 is 11.8 Å². The summed E-state index contributed by atoms with van der Waals surface area (Å²) in [6, 6.07) is 12.5. The molecule has 1 saturated heterocycles. The van der Waals surface area contributed by atoms with Crippen molar-refractivity contribution in [2.45, 2.75) is 19.0 Å². The van der Waals surface area contributed by atoms with Crippen LogP contribution in [0.3, 0.4) is 0 Å². The van der Waals surface area contributed by atoms with E-state index in [1.165, 1.54) is 17.2 Å². The van der Waals surface area contributed by atoms with Crippen LogP contribution in [0.15, 0.2) is 48.7 Å². The Morgan fingerprint density at radius 3 is 2.76 bits per heavy atom. The molecule has 1 aliphatic rings. The molecule has 25 heavy (non-hydrogen) atoms. The highest BCUT2D eigenvalue weighted by molar-refractivity contribution is 5.92. The summed E-state index contributed by atoms with van der Waals surface area (Å²) in [5, 5.41) is 7.42. The highest BCUT2D eigenvalue weighted by atomic mass is 19.3. The molecule has 2 aromatic rings. The normalized spacial score (nSPS) is 19.6. The maximum absolute atomic E-state index is 14.2. The third kappa shape index (κ3) is 4.36. The van der Waals surface area contributed by atoms with Gasteiger partial charge in [-0.25, -0.2) is 8.78 Å². The molecule has 1 aromatic heterocycles. The van der Waals surface area contributed by atoms with E-state index >= 15 is 0 Å².